The van der Waals surface area contributed by atoms with Crippen molar-refractivity contribution in [3.05, 3.63) is 34.4 Å². The maximum absolute atomic E-state index is 13.6. The first-order valence-electron chi connectivity index (χ1n) is 6.50. The number of halogens is 4. The van der Waals surface area contributed by atoms with E-state index in [0.717, 1.165) is 0 Å². The molecule has 0 unspecified atom stereocenters. The third-order valence-electron chi connectivity index (χ3n) is 2.41. The third kappa shape index (κ3) is 4.62. The van der Waals surface area contributed by atoms with Crippen LogP contribution in [-0.4, -0.2) is 29.3 Å². The quantitative estimate of drug-likeness (QED) is 0.490. The van der Waals surface area contributed by atoms with Crippen LogP contribution in [0.4, 0.5) is 22.4 Å². The van der Waals surface area contributed by atoms with Gasteiger partial charge in [0.25, 0.3) is 0 Å². The molecule has 130 valence electrons. The summed E-state index contributed by atoms with van der Waals surface area (Å²) in [5.74, 6) is -6.27. The van der Waals surface area contributed by atoms with Crippen LogP contribution >= 0.6 is 0 Å². The first-order valence-corrected chi connectivity index (χ1v) is 6.50. The molecule has 1 rings (SSSR count). The van der Waals surface area contributed by atoms with Crippen molar-refractivity contribution in [3.8, 4) is 11.8 Å². The molecule has 9 heteroatoms. The lowest BCUT2D eigenvalue weighted by Crippen LogP contribution is -2.32. The minimum atomic E-state index is -2.16. The fourth-order valence-electron chi connectivity index (χ4n) is 1.49. The molecule has 0 aliphatic rings. The van der Waals surface area contributed by atoms with Crippen molar-refractivity contribution in [3.63, 3.8) is 0 Å². The van der Waals surface area contributed by atoms with Gasteiger partial charge in [-0.2, -0.15) is 0 Å². The maximum atomic E-state index is 13.6. The molecule has 1 amide bonds. The molecule has 0 aliphatic heterocycles. The van der Waals surface area contributed by atoms with Crippen molar-refractivity contribution in [2.24, 2.45) is 0 Å². The number of hydrogen-bond acceptors (Lipinski definition) is 3. The molecule has 24 heavy (non-hydrogen) atoms. The molecule has 0 spiro atoms. The summed E-state index contributed by atoms with van der Waals surface area (Å²) in [5, 5.41) is 10.7. The van der Waals surface area contributed by atoms with E-state index in [1.807, 2.05) is 0 Å². The predicted molar refractivity (Wildman–Crippen MR) is 74.3 cm³/mol. The lowest BCUT2D eigenvalue weighted by atomic mass is 10.1. The van der Waals surface area contributed by atoms with Gasteiger partial charge in [0.2, 0.25) is 0 Å². The van der Waals surface area contributed by atoms with Crippen LogP contribution in [0.2, 0.25) is 0 Å². The Bertz CT molecular complexity index is 716. The van der Waals surface area contributed by atoms with E-state index in [1.165, 1.54) is 0 Å². The fraction of sp³-hybridized carbons (Fsp3) is 0.333. The number of carboxylic acids is 1. The number of carbonyl (C=O) groups is 2. The molecule has 1 aromatic rings. The summed E-state index contributed by atoms with van der Waals surface area (Å²) in [4.78, 5) is 21.9. The van der Waals surface area contributed by atoms with E-state index in [2.05, 4.69) is 11.2 Å². The Balaban J connectivity index is 2.99. The number of benzene rings is 1. The van der Waals surface area contributed by atoms with E-state index in [-0.39, 0.29) is 0 Å². The van der Waals surface area contributed by atoms with Crippen LogP contribution in [-0.2, 0) is 4.74 Å². The van der Waals surface area contributed by atoms with Crippen molar-refractivity contribution < 1.29 is 37.0 Å². The number of carbonyl (C=O) groups excluding carboxylic acids is 1. The Kier molecular flexibility index (Phi) is 5.79. The summed E-state index contributed by atoms with van der Waals surface area (Å²) in [5.41, 5.74) is -3.79. The molecule has 0 saturated carbocycles. The van der Waals surface area contributed by atoms with Gasteiger partial charge in [-0.25, -0.2) is 27.2 Å². The van der Waals surface area contributed by atoms with Crippen LogP contribution in [0, 0.1) is 35.1 Å². The number of carboxylic acid groups (broad SMARTS) is 1. The number of nitrogens with one attached hydrogen (secondary N) is 1. The van der Waals surface area contributed by atoms with Gasteiger partial charge >= 0.3 is 12.1 Å². The number of amides is 1. The van der Waals surface area contributed by atoms with Crippen molar-refractivity contribution in [1.29, 1.82) is 0 Å². The van der Waals surface area contributed by atoms with Crippen LogP contribution < -0.4 is 5.32 Å². The molecule has 0 aromatic heterocycles. The Hall–Kier alpha value is -2.76. The molecule has 0 heterocycles. The number of rotatable bonds is 2. The zero-order valence-corrected chi connectivity index (χ0v) is 12.9. The third-order valence-corrected chi connectivity index (χ3v) is 2.41. The van der Waals surface area contributed by atoms with Gasteiger partial charge in [0.15, 0.2) is 23.3 Å². The van der Waals surface area contributed by atoms with Crippen LogP contribution in [0.15, 0.2) is 0 Å². The average Bonchev–Trinajstić information content (AvgIpc) is 2.42. The first kappa shape index (κ1) is 19.3. The smallest absolute Gasteiger partial charge is 0.408 e. The molecule has 5 nitrogen and oxygen atoms in total. The summed E-state index contributed by atoms with van der Waals surface area (Å²) < 4.78 is 59.0. The number of ether oxygens (including phenoxy) is 1. The standard InChI is InChI=1S/C15H13F4NO4/c1-15(2,3)24-14(23)20-6-4-5-7-9(16)11(18)8(13(21)22)12(19)10(7)17/h6H2,1-3H3,(H,20,23)(H,21,22). The number of aromatic carboxylic acids is 1. The van der Waals surface area contributed by atoms with E-state index >= 15 is 0 Å². The Morgan fingerprint density at radius 3 is 2.00 bits per heavy atom. The van der Waals surface area contributed by atoms with E-state index < -0.39 is 58.6 Å². The van der Waals surface area contributed by atoms with Crippen LogP contribution in [0.1, 0.15) is 36.7 Å². The number of alkyl carbamates (subject to hydrolysis) is 1. The van der Waals surface area contributed by atoms with E-state index in [4.69, 9.17) is 9.84 Å². The largest absolute Gasteiger partial charge is 0.477 e. The van der Waals surface area contributed by atoms with E-state index in [1.54, 1.807) is 26.7 Å². The van der Waals surface area contributed by atoms with Gasteiger partial charge < -0.3 is 15.2 Å². The molecule has 0 bridgehead atoms. The highest BCUT2D eigenvalue weighted by Gasteiger charge is 2.28. The van der Waals surface area contributed by atoms with Crippen LogP contribution in [0.3, 0.4) is 0 Å². The SMILES string of the molecule is CC(C)(C)OC(=O)NCC#Cc1c(F)c(F)c(C(=O)O)c(F)c1F. The Morgan fingerprint density at radius 2 is 1.58 bits per heavy atom. The Morgan fingerprint density at radius 1 is 1.08 bits per heavy atom. The van der Waals surface area contributed by atoms with Crippen molar-refractivity contribution in [1.82, 2.24) is 5.32 Å². The summed E-state index contributed by atoms with van der Waals surface area (Å²) in [7, 11) is 0. The van der Waals surface area contributed by atoms with E-state index in [9.17, 15) is 27.2 Å². The highest BCUT2D eigenvalue weighted by molar-refractivity contribution is 5.88. The summed E-state index contributed by atoms with van der Waals surface area (Å²) in [6.07, 6.45) is -0.851. The van der Waals surface area contributed by atoms with Gasteiger partial charge in [-0.15, -0.1) is 0 Å². The zero-order valence-electron chi connectivity index (χ0n) is 12.9. The highest BCUT2D eigenvalue weighted by Crippen LogP contribution is 2.23. The molecule has 0 atom stereocenters. The minimum absolute atomic E-state index is 0.419. The van der Waals surface area contributed by atoms with Crippen LogP contribution in [0.25, 0.3) is 0 Å². The van der Waals surface area contributed by atoms with Gasteiger partial charge in [0, 0.05) is 0 Å². The fourth-order valence-corrected chi connectivity index (χ4v) is 1.49. The van der Waals surface area contributed by atoms with Crippen molar-refractivity contribution in [2.75, 3.05) is 6.54 Å². The lowest BCUT2D eigenvalue weighted by Gasteiger charge is -2.19. The second kappa shape index (κ2) is 7.21. The van der Waals surface area contributed by atoms with Gasteiger partial charge in [-0.3, -0.25) is 0 Å². The normalized spacial score (nSPS) is 10.6. The minimum Gasteiger partial charge on any atom is -0.477 e. The highest BCUT2D eigenvalue weighted by atomic mass is 19.2. The van der Waals surface area contributed by atoms with Crippen LogP contribution in [0.5, 0.6) is 0 Å². The topological polar surface area (TPSA) is 75.6 Å². The summed E-state index contributed by atoms with van der Waals surface area (Å²) >= 11 is 0. The van der Waals surface area contributed by atoms with Gasteiger partial charge in [0.1, 0.15) is 16.7 Å². The Labute approximate surface area is 134 Å². The second-order valence-corrected chi connectivity index (χ2v) is 5.47. The molecule has 2 N–H and O–H groups in total. The molecular weight excluding hydrogens is 334 g/mol. The van der Waals surface area contributed by atoms with Gasteiger partial charge in [-0.05, 0) is 20.8 Å². The maximum Gasteiger partial charge on any atom is 0.408 e. The molecule has 0 radical (unpaired) electrons. The molecule has 0 saturated heterocycles. The average molecular weight is 347 g/mol. The summed E-state index contributed by atoms with van der Waals surface area (Å²) in [6.45, 7) is 4.41. The molecular formula is C15H13F4NO4. The number of hydrogen-bond donors (Lipinski definition) is 2. The first-order chi connectivity index (χ1) is 11.0. The van der Waals surface area contributed by atoms with Gasteiger partial charge in [0.05, 0.1) is 6.54 Å². The summed E-state index contributed by atoms with van der Waals surface area (Å²) in [6, 6.07) is 0. The van der Waals surface area contributed by atoms with E-state index in [0.29, 0.717) is 0 Å². The molecule has 0 aliphatic carbocycles. The van der Waals surface area contributed by atoms with Crippen molar-refractivity contribution >= 4 is 12.1 Å². The predicted octanol–water partition coefficient (Wildman–Crippen LogP) is 2.82. The second-order valence-electron chi connectivity index (χ2n) is 5.47. The molecule has 1 aromatic carbocycles. The zero-order chi connectivity index (χ0) is 18.7. The lowest BCUT2D eigenvalue weighted by molar-refractivity contribution is 0.0534. The monoisotopic (exact) mass is 347 g/mol. The molecule has 0 fully saturated rings. The van der Waals surface area contributed by atoms with Gasteiger partial charge in [-0.1, -0.05) is 11.8 Å². The van der Waals surface area contributed by atoms with Crippen molar-refractivity contribution in [2.45, 2.75) is 26.4 Å².